The molecule has 176 valence electrons. The lowest BCUT2D eigenvalue weighted by Crippen LogP contribution is -2.43. The highest BCUT2D eigenvalue weighted by molar-refractivity contribution is 9.10. The van der Waals surface area contributed by atoms with Crippen molar-refractivity contribution in [1.82, 2.24) is 14.9 Å². The molecule has 3 aliphatic heterocycles. The van der Waals surface area contributed by atoms with Gasteiger partial charge in [0.05, 0.1) is 16.6 Å². The fourth-order valence-electron chi connectivity index (χ4n) is 7.10. The van der Waals surface area contributed by atoms with Gasteiger partial charge < -0.3 is 10.2 Å². The van der Waals surface area contributed by atoms with E-state index in [4.69, 9.17) is 4.98 Å². The second-order valence-electron chi connectivity index (χ2n) is 10.8. The highest BCUT2D eigenvalue weighted by Gasteiger charge is 2.38. The molecule has 1 N–H and O–H groups in total. The first-order chi connectivity index (χ1) is 16.7. The molecule has 34 heavy (non-hydrogen) atoms. The molecular weight excluding hydrogens is 488 g/mol. The van der Waals surface area contributed by atoms with E-state index in [0.717, 1.165) is 47.7 Å². The summed E-state index contributed by atoms with van der Waals surface area (Å²) in [5.41, 5.74) is 4.79. The second kappa shape index (κ2) is 8.20. The van der Waals surface area contributed by atoms with Crippen molar-refractivity contribution in [3.8, 4) is 5.69 Å². The summed E-state index contributed by atoms with van der Waals surface area (Å²) in [6.45, 7) is 2.20. The number of aromatic nitrogens is 2. The molecule has 0 amide bonds. The summed E-state index contributed by atoms with van der Waals surface area (Å²) in [5.74, 6) is 2.09. The minimum atomic E-state index is -0.111. The summed E-state index contributed by atoms with van der Waals surface area (Å²) in [5, 5.41) is 4.31. The molecular formula is C28H31BrN4O. The molecule has 2 saturated heterocycles. The van der Waals surface area contributed by atoms with Crippen molar-refractivity contribution in [2.75, 3.05) is 18.0 Å². The van der Waals surface area contributed by atoms with E-state index in [0.29, 0.717) is 17.5 Å². The van der Waals surface area contributed by atoms with Crippen LogP contribution in [0.1, 0.15) is 62.3 Å². The van der Waals surface area contributed by atoms with E-state index < -0.39 is 0 Å². The third-order valence-electron chi connectivity index (χ3n) is 8.81. The predicted molar refractivity (Wildman–Crippen MR) is 140 cm³/mol. The van der Waals surface area contributed by atoms with Gasteiger partial charge in [-0.05, 0) is 83.4 Å². The number of hydrogen-bond donors (Lipinski definition) is 1. The Bertz CT molecular complexity index is 1330. The number of benzene rings is 2. The number of anilines is 1. The van der Waals surface area contributed by atoms with Crippen LogP contribution in [0.15, 0.2) is 45.7 Å². The molecule has 7 rings (SSSR count). The highest BCUT2D eigenvalue weighted by Crippen LogP contribution is 2.41. The van der Waals surface area contributed by atoms with Crippen molar-refractivity contribution < 1.29 is 0 Å². The Morgan fingerprint density at radius 3 is 2.79 bits per heavy atom. The topological polar surface area (TPSA) is 50.2 Å². The summed E-state index contributed by atoms with van der Waals surface area (Å²) in [6.07, 6.45) is 10.1. The van der Waals surface area contributed by atoms with Crippen LogP contribution in [0.2, 0.25) is 0 Å². The van der Waals surface area contributed by atoms with Crippen LogP contribution in [0.5, 0.6) is 0 Å². The van der Waals surface area contributed by atoms with Crippen LogP contribution in [-0.2, 0) is 6.42 Å². The van der Waals surface area contributed by atoms with Crippen molar-refractivity contribution in [3.05, 3.63) is 62.6 Å². The van der Waals surface area contributed by atoms with Gasteiger partial charge in [0, 0.05) is 41.3 Å². The number of nitrogens with one attached hydrogen (secondary N) is 1. The van der Waals surface area contributed by atoms with Gasteiger partial charge in [-0.3, -0.25) is 9.36 Å². The molecule has 2 aromatic carbocycles. The fraction of sp³-hybridized carbons (Fsp3) is 0.500. The van der Waals surface area contributed by atoms with E-state index in [1.165, 1.54) is 55.5 Å². The second-order valence-corrected chi connectivity index (χ2v) is 11.7. The smallest absolute Gasteiger partial charge is 0.281 e. The molecule has 1 saturated carbocycles. The van der Waals surface area contributed by atoms with Crippen LogP contribution in [0.25, 0.3) is 16.6 Å². The molecule has 0 spiro atoms. The van der Waals surface area contributed by atoms with Gasteiger partial charge in [0.2, 0.25) is 0 Å². The summed E-state index contributed by atoms with van der Waals surface area (Å²) < 4.78 is 3.12. The predicted octanol–water partition coefficient (Wildman–Crippen LogP) is 5.31. The first-order valence-electron chi connectivity index (χ1n) is 13.0. The molecule has 3 aromatic rings. The first-order valence-corrected chi connectivity index (χ1v) is 13.8. The van der Waals surface area contributed by atoms with Crippen LogP contribution in [0.3, 0.4) is 0 Å². The number of piperazine rings is 1. The van der Waals surface area contributed by atoms with E-state index >= 15 is 0 Å². The molecule has 4 heterocycles. The maximum absolute atomic E-state index is 13.1. The first kappa shape index (κ1) is 21.1. The number of hydrogen-bond acceptors (Lipinski definition) is 4. The minimum Gasteiger partial charge on any atom is -0.366 e. The van der Waals surface area contributed by atoms with E-state index in [9.17, 15) is 4.79 Å². The maximum atomic E-state index is 13.1. The lowest BCUT2D eigenvalue weighted by Gasteiger charge is -2.33. The zero-order valence-electron chi connectivity index (χ0n) is 19.5. The van der Waals surface area contributed by atoms with Crippen LogP contribution in [0, 0.1) is 5.92 Å². The summed E-state index contributed by atoms with van der Waals surface area (Å²) in [4.78, 5) is 20.4. The average molecular weight is 519 g/mol. The Hall–Kier alpha value is -2.18. The number of halogens is 1. The van der Waals surface area contributed by atoms with Crippen molar-refractivity contribution in [2.45, 2.75) is 69.4 Å². The van der Waals surface area contributed by atoms with Crippen LogP contribution in [0.4, 0.5) is 5.69 Å². The maximum Gasteiger partial charge on any atom is 0.281 e. The molecule has 5 nitrogen and oxygen atoms in total. The third kappa shape index (κ3) is 3.36. The van der Waals surface area contributed by atoms with Crippen LogP contribution >= 0.6 is 15.9 Å². The Morgan fingerprint density at radius 1 is 1.12 bits per heavy atom. The minimum absolute atomic E-state index is 0.111. The van der Waals surface area contributed by atoms with Gasteiger partial charge in [-0.25, -0.2) is 0 Å². The molecule has 3 fully saturated rings. The largest absolute Gasteiger partial charge is 0.366 e. The molecule has 6 heteroatoms. The van der Waals surface area contributed by atoms with Gasteiger partial charge in [0.1, 0.15) is 5.82 Å². The van der Waals surface area contributed by atoms with Gasteiger partial charge in [0.15, 0.2) is 0 Å². The fourth-order valence-corrected chi connectivity index (χ4v) is 7.63. The van der Waals surface area contributed by atoms with Crippen molar-refractivity contribution in [2.24, 2.45) is 5.92 Å². The van der Waals surface area contributed by atoms with Gasteiger partial charge >= 0.3 is 0 Å². The zero-order chi connectivity index (χ0) is 22.8. The number of rotatable bonds is 4. The Kier molecular flexibility index (Phi) is 5.09. The van der Waals surface area contributed by atoms with Gasteiger partial charge in [-0.2, -0.15) is 4.98 Å². The number of nitrogens with zero attached hydrogens (tertiary/aromatic N) is 3. The van der Waals surface area contributed by atoms with Crippen LogP contribution < -0.4 is 15.8 Å². The van der Waals surface area contributed by atoms with Gasteiger partial charge in [-0.15, -0.1) is 0 Å². The summed E-state index contributed by atoms with van der Waals surface area (Å²) in [7, 11) is 0. The monoisotopic (exact) mass is 518 g/mol. The lowest BCUT2D eigenvalue weighted by molar-refractivity contribution is 0.432. The molecule has 1 unspecified atom stereocenters. The van der Waals surface area contributed by atoms with E-state index in [1.807, 2.05) is 12.1 Å². The van der Waals surface area contributed by atoms with Crippen LogP contribution in [-0.4, -0.2) is 34.7 Å². The molecule has 1 aliphatic carbocycles. The Morgan fingerprint density at radius 2 is 2.00 bits per heavy atom. The molecule has 0 radical (unpaired) electrons. The van der Waals surface area contributed by atoms with Crippen molar-refractivity contribution >= 4 is 32.5 Å². The van der Waals surface area contributed by atoms with Gasteiger partial charge in [0.25, 0.3) is 5.56 Å². The van der Waals surface area contributed by atoms with E-state index in [1.54, 1.807) is 0 Å². The normalized spacial score (nSPS) is 25.8. The third-order valence-corrected chi connectivity index (χ3v) is 9.47. The average Bonchev–Trinajstić information content (AvgIpc) is 3.61. The molecule has 2 bridgehead atoms. The standard InChI is InChI=1S/C28H31BrN4O/c29-23-6-3-7-25-26(23)28(34)31-27-18(9-8-17-4-1-2-5-17)12-19-13-21(10-11-24(19)33(25)27)32-16-20-14-22(32)15-30-20/h3,6-7,10-11,13,17-18,20,22,30H,1-2,4-5,8-9,12,14-16H2/t18?,20-,22-/m0/s1. The lowest BCUT2D eigenvalue weighted by atomic mass is 9.86. The van der Waals surface area contributed by atoms with E-state index in [2.05, 4.69) is 55.0 Å². The Balaban J connectivity index is 1.35. The SMILES string of the molecule is O=c1nc2n(c3cccc(Br)c13)-c1ccc(N3C[C@@H]4C[C@H]3CN4)cc1CC2CCC1CCCC1. The van der Waals surface area contributed by atoms with E-state index in [-0.39, 0.29) is 11.5 Å². The van der Waals surface area contributed by atoms with Gasteiger partial charge in [-0.1, -0.05) is 31.7 Å². The number of fused-ring (bicyclic) bond motifs is 7. The Labute approximate surface area is 208 Å². The summed E-state index contributed by atoms with van der Waals surface area (Å²) in [6, 6.07) is 14.3. The van der Waals surface area contributed by atoms with Crippen molar-refractivity contribution in [1.29, 1.82) is 0 Å². The highest BCUT2D eigenvalue weighted by atomic mass is 79.9. The molecule has 1 aromatic heterocycles. The molecule has 3 atom stereocenters. The summed E-state index contributed by atoms with van der Waals surface area (Å²) >= 11 is 3.62. The quantitative estimate of drug-likeness (QED) is 0.508. The van der Waals surface area contributed by atoms with Crippen molar-refractivity contribution in [3.63, 3.8) is 0 Å². The zero-order valence-corrected chi connectivity index (χ0v) is 21.1. The molecule has 4 aliphatic rings.